The lowest BCUT2D eigenvalue weighted by molar-refractivity contribution is 0.0733. The van der Waals surface area contributed by atoms with Gasteiger partial charge in [0, 0.05) is 29.8 Å². The van der Waals surface area contributed by atoms with Gasteiger partial charge in [0.05, 0.1) is 24.0 Å². The van der Waals surface area contributed by atoms with E-state index >= 15 is 0 Å². The van der Waals surface area contributed by atoms with E-state index in [1.807, 2.05) is 12.1 Å². The van der Waals surface area contributed by atoms with Gasteiger partial charge in [-0.3, -0.25) is 9.59 Å². The summed E-state index contributed by atoms with van der Waals surface area (Å²) in [6.07, 6.45) is 0.635. The molecule has 33 heavy (non-hydrogen) atoms. The summed E-state index contributed by atoms with van der Waals surface area (Å²) >= 11 is 0. The van der Waals surface area contributed by atoms with Crippen molar-refractivity contribution in [2.45, 2.75) is 22.8 Å². The molecule has 0 atom stereocenters. The van der Waals surface area contributed by atoms with E-state index in [4.69, 9.17) is 9.47 Å². The first-order chi connectivity index (χ1) is 15.8. The monoisotopic (exact) mass is 463 g/mol. The highest BCUT2D eigenvalue weighted by molar-refractivity contribution is 7.91. The van der Waals surface area contributed by atoms with E-state index in [9.17, 15) is 18.0 Å². The molecule has 2 heterocycles. The third-order valence-electron chi connectivity index (χ3n) is 6.19. The van der Waals surface area contributed by atoms with Crippen LogP contribution in [0.25, 0.3) is 0 Å². The summed E-state index contributed by atoms with van der Waals surface area (Å²) < 4.78 is 37.1. The van der Waals surface area contributed by atoms with E-state index in [0.717, 1.165) is 11.1 Å². The van der Waals surface area contributed by atoms with E-state index in [-0.39, 0.29) is 38.2 Å². The molecule has 0 saturated heterocycles. The molecule has 0 saturated carbocycles. The molecule has 0 spiro atoms. The first kappa shape index (κ1) is 21.2. The van der Waals surface area contributed by atoms with Crippen molar-refractivity contribution >= 4 is 21.5 Å². The molecule has 0 bridgehead atoms. The topological polar surface area (TPSA) is 90.0 Å². The minimum atomic E-state index is -3.91. The molecule has 168 valence electrons. The standard InChI is InChI=1S/C25H21NO6S/c1-31-20-11-15-9-10-26(14-17(15)12-21(20)32-2)25(28)16-7-8-19-23(13-16)33(29,30)22-6-4-3-5-18(22)24(19)27/h3-8,11-13H,9-10,14H2,1-2H3. The Labute approximate surface area is 191 Å². The average Bonchev–Trinajstić information content (AvgIpc) is 2.85. The molecule has 7 nitrogen and oxygen atoms in total. The van der Waals surface area contributed by atoms with Crippen molar-refractivity contribution in [2.24, 2.45) is 0 Å². The fourth-order valence-corrected chi connectivity index (χ4v) is 6.13. The third-order valence-corrected chi connectivity index (χ3v) is 8.04. The molecule has 2 aliphatic heterocycles. The molecule has 0 unspecified atom stereocenters. The lowest BCUT2D eigenvalue weighted by Crippen LogP contribution is -2.36. The van der Waals surface area contributed by atoms with E-state index in [0.29, 0.717) is 31.0 Å². The highest BCUT2D eigenvalue weighted by Gasteiger charge is 2.35. The largest absolute Gasteiger partial charge is 0.493 e. The highest BCUT2D eigenvalue weighted by Crippen LogP contribution is 2.36. The Morgan fingerprint density at radius 1 is 0.879 bits per heavy atom. The van der Waals surface area contributed by atoms with Crippen LogP contribution in [0.4, 0.5) is 0 Å². The quantitative estimate of drug-likeness (QED) is 0.463. The molecule has 3 aromatic rings. The van der Waals surface area contributed by atoms with E-state index in [2.05, 4.69) is 0 Å². The summed E-state index contributed by atoms with van der Waals surface area (Å²) in [7, 11) is -0.770. The normalized spacial score (nSPS) is 15.8. The van der Waals surface area contributed by atoms with Crippen molar-refractivity contribution in [3.05, 3.63) is 82.4 Å². The number of ether oxygens (including phenoxy) is 2. The van der Waals surface area contributed by atoms with Gasteiger partial charge < -0.3 is 14.4 Å². The number of hydrogen-bond donors (Lipinski definition) is 0. The molecule has 5 rings (SSSR count). The van der Waals surface area contributed by atoms with Crippen molar-refractivity contribution in [1.82, 2.24) is 4.90 Å². The van der Waals surface area contributed by atoms with Gasteiger partial charge in [-0.05, 0) is 60.0 Å². The number of nitrogens with zero attached hydrogens (tertiary/aromatic N) is 1. The highest BCUT2D eigenvalue weighted by atomic mass is 32.2. The maximum atomic E-state index is 13.3. The van der Waals surface area contributed by atoms with Crippen molar-refractivity contribution < 1.29 is 27.5 Å². The molecule has 0 N–H and O–H groups in total. The first-order valence-electron chi connectivity index (χ1n) is 10.4. The fourth-order valence-electron chi connectivity index (χ4n) is 4.46. The minimum absolute atomic E-state index is 0.0277. The van der Waals surface area contributed by atoms with Crippen molar-refractivity contribution in [3.8, 4) is 11.5 Å². The first-order valence-corrected chi connectivity index (χ1v) is 11.9. The lowest BCUT2D eigenvalue weighted by atomic mass is 9.97. The second-order valence-electron chi connectivity index (χ2n) is 7.99. The van der Waals surface area contributed by atoms with Crippen LogP contribution in [-0.4, -0.2) is 45.8 Å². The van der Waals surface area contributed by atoms with Crippen LogP contribution >= 0.6 is 0 Å². The maximum Gasteiger partial charge on any atom is 0.254 e. The second kappa shape index (κ2) is 7.74. The number of carbonyl (C=O) groups excluding carboxylic acids is 2. The van der Waals surface area contributed by atoms with Crippen LogP contribution in [0.5, 0.6) is 11.5 Å². The van der Waals surface area contributed by atoms with E-state index < -0.39 is 9.84 Å². The molecule has 2 aliphatic rings. The minimum Gasteiger partial charge on any atom is -0.493 e. The van der Waals surface area contributed by atoms with Gasteiger partial charge in [-0.1, -0.05) is 12.1 Å². The SMILES string of the molecule is COc1cc2c(cc1OC)CN(C(=O)c1ccc3c(c1)S(=O)(=O)c1ccccc1C3=O)CC2. The zero-order valence-corrected chi connectivity index (χ0v) is 18.9. The number of hydrogen-bond acceptors (Lipinski definition) is 6. The van der Waals surface area contributed by atoms with Crippen LogP contribution < -0.4 is 9.47 Å². The number of amides is 1. The summed E-state index contributed by atoms with van der Waals surface area (Å²) in [5, 5.41) is 0. The maximum absolute atomic E-state index is 13.3. The van der Waals surface area contributed by atoms with Crippen LogP contribution in [0.15, 0.2) is 64.4 Å². The average molecular weight is 464 g/mol. The van der Waals surface area contributed by atoms with Gasteiger partial charge in [0.2, 0.25) is 9.84 Å². The van der Waals surface area contributed by atoms with Gasteiger partial charge in [0.25, 0.3) is 5.91 Å². The molecule has 0 aromatic heterocycles. The smallest absolute Gasteiger partial charge is 0.254 e. The number of methoxy groups -OCH3 is 2. The van der Waals surface area contributed by atoms with Gasteiger partial charge in [-0.15, -0.1) is 0 Å². The van der Waals surface area contributed by atoms with E-state index in [1.54, 1.807) is 31.3 Å². The van der Waals surface area contributed by atoms with Gasteiger partial charge in [-0.25, -0.2) is 8.42 Å². The molecule has 3 aromatic carbocycles. The lowest BCUT2D eigenvalue weighted by Gasteiger charge is -2.30. The van der Waals surface area contributed by atoms with Gasteiger partial charge in [-0.2, -0.15) is 0 Å². The molecule has 1 amide bonds. The molecule has 0 aliphatic carbocycles. The molecule has 0 radical (unpaired) electrons. The van der Waals surface area contributed by atoms with Crippen LogP contribution in [-0.2, 0) is 22.8 Å². The summed E-state index contributed by atoms with van der Waals surface area (Å²) in [6.45, 7) is 0.840. The number of fused-ring (bicyclic) bond motifs is 3. The Hall–Kier alpha value is -3.65. The Morgan fingerprint density at radius 3 is 2.27 bits per heavy atom. The zero-order valence-electron chi connectivity index (χ0n) is 18.1. The van der Waals surface area contributed by atoms with Crippen LogP contribution in [0.3, 0.4) is 0 Å². The number of sulfone groups is 1. The Kier molecular flexibility index (Phi) is 4.97. The van der Waals surface area contributed by atoms with E-state index in [1.165, 1.54) is 30.3 Å². The van der Waals surface area contributed by atoms with Crippen LogP contribution in [0.2, 0.25) is 0 Å². The van der Waals surface area contributed by atoms with Crippen LogP contribution in [0.1, 0.15) is 37.4 Å². The summed E-state index contributed by atoms with van der Waals surface area (Å²) in [6, 6.07) is 14.2. The number of benzene rings is 3. The fraction of sp³-hybridized carbons (Fsp3) is 0.200. The van der Waals surface area contributed by atoms with Crippen molar-refractivity contribution in [2.75, 3.05) is 20.8 Å². The molecular formula is C25H21NO6S. The third kappa shape index (κ3) is 3.29. The Morgan fingerprint density at radius 2 is 1.55 bits per heavy atom. The number of ketones is 1. The predicted molar refractivity (Wildman–Crippen MR) is 120 cm³/mol. The number of carbonyl (C=O) groups is 2. The Bertz CT molecular complexity index is 1430. The van der Waals surface area contributed by atoms with Gasteiger partial charge in [0.1, 0.15) is 0 Å². The number of rotatable bonds is 3. The molecular weight excluding hydrogens is 442 g/mol. The Balaban J connectivity index is 1.49. The summed E-state index contributed by atoms with van der Waals surface area (Å²) in [5.41, 5.74) is 2.49. The van der Waals surface area contributed by atoms with Gasteiger partial charge >= 0.3 is 0 Å². The zero-order chi connectivity index (χ0) is 23.3. The molecule has 8 heteroatoms. The van der Waals surface area contributed by atoms with Crippen molar-refractivity contribution in [1.29, 1.82) is 0 Å². The second-order valence-corrected chi connectivity index (χ2v) is 9.88. The summed E-state index contributed by atoms with van der Waals surface area (Å²) in [4.78, 5) is 27.7. The van der Waals surface area contributed by atoms with Gasteiger partial charge in [0.15, 0.2) is 17.3 Å². The predicted octanol–water partition coefficient (Wildman–Crippen LogP) is 3.28. The molecule has 0 fully saturated rings. The summed E-state index contributed by atoms with van der Waals surface area (Å²) in [5.74, 6) is 0.575. The van der Waals surface area contributed by atoms with Crippen LogP contribution in [0, 0.1) is 0 Å². The van der Waals surface area contributed by atoms with Crippen molar-refractivity contribution in [3.63, 3.8) is 0 Å².